The van der Waals surface area contributed by atoms with Crippen molar-refractivity contribution >= 4 is 12.0 Å². The van der Waals surface area contributed by atoms with E-state index in [-0.39, 0.29) is 11.4 Å². The molecule has 102 valence electrons. The molecule has 0 unspecified atom stereocenters. The van der Waals surface area contributed by atoms with Gasteiger partial charge in [-0.05, 0) is 38.1 Å². The fourth-order valence-electron chi connectivity index (χ4n) is 2.16. The molecule has 1 saturated heterocycles. The molecule has 19 heavy (non-hydrogen) atoms. The van der Waals surface area contributed by atoms with Gasteiger partial charge in [-0.15, -0.1) is 0 Å². The maximum absolute atomic E-state index is 10.9. The van der Waals surface area contributed by atoms with Gasteiger partial charge in [-0.3, -0.25) is 19.8 Å². The average Bonchev–Trinajstić information content (AvgIpc) is 2.91. The Morgan fingerprint density at radius 2 is 2.11 bits per heavy atom. The molecule has 0 radical (unpaired) electrons. The van der Waals surface area contributed by atoms with Crippen LogP contribution in [0, 0.1) is 10.1 Å². The maximum Gasteiger partial charge on any atom is 0.310 e. The van der Waals surface area contributed by atoms with Gasteiger partial charge in [0.05, 0.1) is 4.92 Å². The SMILES string of the molecule is O=Cc1ccc([N+](=O)[O-])c(OCCN2CCCC2)c1. The molecular weight excluding hydrogens is 248 g/mol. The Morgan fingerprint density at radius 3 is 2.74 bits per heavy atom. The Bertz CT molecular complexity index is 470. The second kappa shape index (κ2) is 6.29. The summed E-state index contributed by atoms with van der Waals surface area (Å²) in [5.74, 6) is 0.161. The van der Waals surface area contributed by atoms with Gasteiger partial charge in [0.15, 0.2) is 5.75 Å². The van der Waals surface area contributed by atoms with Crippen molar-refractivity contribution in [1.29, 1.82) is 0 Å². The summed E-state index contributed by atoms with van der Waals surface area (Å²) in [4.78, 5) is 23.3. The molecule has 1 heterocycles. The van der Waals surface area contributed by atoms with E-state index in [2.05, 4.69) is 4.90 Å². The lowest BCUT2D eigenvalue weighted by Crippen LogP contribution is -2.25. The number of likely N-dealkylation sites (tertiary alicyclic amines) is 1. The van der Waals surface area contributed by atoms with Gasteiger partial charge < -0.3 is 4.74 Å². The van der Waals surface area contributed by atoms with Crippen molar-refractivity contribution in [2.45, 2.75) is 12.8 Å². The Morgan fingerprint density at radius 1 is 1.37 bits per heavy atom. The zero-order chi connectivity index (χ0) is 13.7. The molecule has 1 aliphatic heterocycles. The van der Waals surface area contributed by atoms with Crippen LogP contribution in [0.25, 0.3) is 0 Å². The summed E-state index contributed by atoms with van der Waals surface area (Å²) in [5.41, 5.74) is 0.272. The Hall–Kier alpha value is -1.95. The number of nitrogens with zero attached hydrogens (tertiary/aromatic N) is 2. The molecule has 0 atom stereocenters. The van der Waals surface area contributed by atoms with Crippen molar-refractivity contribution in [3.05, 3.63) is 33.9 Å². The summed E-state index contributed by atoms with van der Waals surface area (Å²) < 4.78 is 5.46. The summed E-state index contributed by atoms with van der Waals surface area (Å²) in [7, 11) is 0. The van der Waals surface area contributed by atoms with E-state index in [0.29, 0.717) is 18.5 Å². The number of rotatable bonds is 6. The number of carbonyl (C=O) groups excluding carboxylic acids is 1. The second-order valence-electron chi connectivity index (χ2n) is 4.50. The first kappa shape index (κ1) is 13.5. The van der Waals surface area contributed by atoms with E-state index in [1.54, 1.807) is 0 Å². The van der Waals surface area contributed by atoms with Gasteiger partial charge in [0.25, 0.3) is 0 Å². The smallest absolute Gasteiger partial charge is 0.310 e. The Kier molecular flexibility index (Phi) is 4.46. The van der Waals surface area contributed by atoms with E-state index in [1.165, 1.54) is 31.0 Å². The van der Waals surface area contributed by atoms with Crippen molar-refractivity contribution in [2.75, 3.05) is 26.2 Å². The number of nitro groups is 1. The van der Waals surface area contributed by atoms with Crippen molar-refractivity contribution in [3.63, 3.8) is 0 Å². The zero-order valence-electron chi connectivity index (χ0n) is 10.6. The first-order valence-electron chi connectivity index (χ1n) is 6.29. The van der Waals surface area contributed by atoms with E-state index >= 15 is 0 Å². The lowest BCUT2D eigenvalue weighted by atomic mass is 10.2. The van der Waals surface area contributed by atoms with Crippen molar-refractivity contribution in [3.8, 4) is 5.75 Å². The van der Waals surface area contributed by atoms with E-state index in [1.807, 2.05) is 0 Å². The third-order valence-corrected chi connectivity index (χ3v) is 3.18. The highest BCUT2D eigenvalue weighted by atomic mass is 16.6. The normalized spacial score (nSPS) is 15.4. The standard InChI is InChI=1S/C13H16N2O4/c16-10-11-3-4-12(15(17)18)13(9-11)19-8-7-14-5-1-2-6-14/h3-4,9-10H,1-2,5-8H2. The minimum Gasteiger partial charge on any atom is -0.485 e. The molecule has 0 spiro atoms. The van der Waals surface area contributed by atoms with Crippen molar-refractivity contribution in [2.24, 2.45) is 0 Å². The fraction of sp³-hybridized carbons (Fsp3) is 0.462. The van der Waals surface area contributed by atoms with Crippen LogP contribution in [-0.4, -0.2) is 42.4 Å². The molecule has 1 aromatic rings. The summed E-state index contributed by atoms with van der Waals surface area (Å²) in [6.45, 7) is 3.26. The number of benzene rings is 1. The molecule has 2 rings (SSSR count). The second-order valence-corrected chi connectivity index (χ2v) is 4.50. The molecule has 0 aliphatic carbocycles. The van der Waals surface area contributed by atoms with E-state index in [9.17, 15) is 14.9 Å². The minimum atomic E-state index is -0.500. The van der Waals surface area contributed by atoms with E-state index < -0.39 is 4.92 Å². The highest BCUT2D eigenvalue weighted by molar-refractivity contribution is 5.76. The number of ether oxygens (including phenoxy) is 1. The van der Waals surface area contributed by atoms with Gasteiger partial charge in [-0.1, -0.05) is 0 Å². The van der Waals surface area contributed by atoms with E-state index in [0.717, 1.165) is 19.6 Å². The molecule has 1 aromatic carbocycles. The molecule has 0 saturated carbocycles. The van der Waals surface area contributed by atoms with Gasteiger partial charge in [-0.2, -0.15) is 0 Å². The molecule has 1 fully saturated rings. The summed E-state index contributed by atoms with van der Waals surface area (Å²) in [6.07, 6.45) is 3.04. The fourth-order valence-corrected chi connectivity index (χ4v) is 2.16. The summed E-state index contributed by atoms with van der Waals surface area (Å²) >= 11 is 0. The Balaban J connectivity index is 2.00. The van der Waals surface area contributed by atoms with Crippen LogP contribution in [0.1, 0.15) is 23.2 Å². The maximum atomic E-state index is 10.9. The summed E-state index contributed by atoms with van der Waals surface area (Å²) in [6, 6.07) is 4.13. The Labute approximate surface area is 111 Å². The topological polar surface area (TPSA) is 72.7 Å². The van der Waals surface area contributed by atoms with Gasteiger partial charge in [-0.25, -0.2) is 0 Å². The number of aldehydes is 1. The molecule has 1 aliphatic rings. The van der Waals surface area contributed by atoms with Gasteiger partial charge >= 0.3 is 5.69 Å². The van der Waals surface area contributed by atoms with Crippen molar-refractivity contribution in [1.82, 2.24) is 4.90 Å². The molecule has 0 bridgehead atoms. The average molecular weight is 264 g/mol. The predicted octanol–water partition coefficient (Wildman–Crippen LogP) is 1.88. The first-order chi connectivity index (χ1) is 9.20. The number of hydrogen-bond donors (Lipinski definition) is 0. The van der Waals surface area contributed by atoms with Crippen molar-refractivity contribution < 1.29 is 14.5 Å². The van der Waals surface area contributed by atoms with Crippen LogP contribution in [0.2, 0.25) is 0 Å². The lowest BCUT2D eigenvalue weighted by molar-refractivity contribution is -0.385. The first-order valence-corrected chi connectivity index (χ1v) is 6.29. The van der Waals surface area contributed by atoms with Crippen LogP contribution >= 0.6 is 0 Å². The predicted molar refractivity (Wildman–Crippen MR) is 69.7 cm³/mol. The molecule has 0 amide bonds. The molecule has 6 heteroatoms. The van der Waals surface area contributed by atoms with Gasteiger partial charge in [0.2, 0.25) is 0 Å². The van der Waals surface area contributed by atoms with Crippen LogP contribution < -0.4 is 4.74 Å². The number of nitro benzene ring substituents is 1. The van der Waals surface area contributed by atoms with E-state index in [4.69, 9.17) is 4.74 Å². The lowest BCUT2D eigenvalue weighted by Gasteiger charge is -2.14. The minimum absolute atomic E-state index is 0.105. The monoisotopic (exact) mass is 264 g/mol. The van der Waals surface area contributed by atoms with Crippen LogP contribution in [0.3, 0.4) is 0 Å². The van der Waals surface area contributed by atoms with Crippen LogP contribution in [-0.2, 0) is 0 Å². The van der Waals surface area contributed by atoms with Crippen LogP contribution in [0.4, 0.5) is 5.69 Å². The third-order valence-electron chi connectivity index (χ3n) is 3.18. The highest BCUT2D eigenvalue weighted by Crippen LogP contribution is 2.27. The summed E-state index contributed by atoms with van der Waals surface area (Å²) in [5, 5.41) is 10.9. The molecule has 6 nitrogen and oxygen atoms in total. The molecule has 0 N–H and O–H groups in total. The van der Waals surface area contributed by atoms with Crippen LogP contribution in [0.15, 0.2) is 18.2 Å². The quantitative estimate of drug-likeness (QED) is 0.445. The zero-order valence-corrected chi connectivity index (χ0v) is 10.6. The molecule has 0 aromatic heterocycles. The van der Waals surface area contributed by atoms with Gasteiger partial charge in [0.1, 0.15) is 12.9 Å². The third kappa shape index (κ3) is 3.51. The highest BCUT2D eigenvalue weighted by Gasteiger charge is 2.16. The van der Waals surface area contributed by atoms with Gasteiger partial charge in [0, 0.05) is 18.2 Å². The number of carbonyl (C=O) groups is 1. The molecular formula is C13H16N2O4. The van der Waals surface area contributed by atoms with Crippen LogP contribution in [0.5, 0.6) is 5.75 Å². The largest absolute Gasteiger partial charge is 0.485 e. The number of hydrogen-bond acceptors (Lipinski definition) is 5.